The van der Waals surface area contributed by atoms with E-state index in [1.54, 1.807) is 23.1 Å². The molecule has 6 nitrogen and oxygen atoms in total. The predicted octanol–water partition coefficient (Wildman–Crippen LogP) is 4.29. The van der Waals surface area contributed by atoms with Gasteiger partial charge in [0.25, 0.3) is 15.9 Å². The van der Waals surface area contributed by atoms with Crippen molar-refractivity contribution in [2.45, 2.75) is 18.1 Å². The minimum Gasteiger partial charge on any atom is -0.335 e. The first-order valence-corrected chi connectivity index (χ1v) is 12.8. The van der Waals surface area contributed by atoms with Crippen molar-refractivity contribution in [2.75, 3.05) is 26.2 Å². The highest BCUT2D eigenvalue weighted by Gasteiger charge is 2.32. The number of sulfonamides is 1. The summed E-state index contributed by atoms with van der Waals surface area (Å²) >= 11 is 8.68. The maximum atomic E-state index is 13.1. The zero-order chi connectivity index (χ0) is 21.5. The molecule has 0 N–H and O–H groups in total. The van der Waals surface area contributed by atoms with Gasteiger partial charge in [0.15, 0.2) is 0 Å². The van der Waals surface area contributed by atoms with E-state index in [1.807, 2.05) is 32.0 Å². The van der Waals surface area contributed by atoms with E-state index < -0.39 is 10.0 Å². The van der Waals surface area contributed by atoms with E-state index in [4.69, 9.17) is 11.6 Å². The van der Waals surface area contributed by atoms with Crippen molar-refractivity contribution in [1.82, 2.24) is 14.2 Å². The number of aryl methyl sites for hydroxylation is 2. The van der Waals surface area contributed by atoms with Crippen LogP contribution in [0.25, 0.3) is 10.6 Å². The highest BCUT2D eigenvalue weighted by Crippen LogP contribution is 2.31. The zero-order valence-corrected chi connectivity index (χ0v) is 19.7. The molecule has 0 atom stereocenters. The van der Waals surface area contributed by atoms with Gasteiger partial charge in [-0.2, -0.15) is 4.31 Å². The normalized spacial score (nSPS) is 15.5. The van der Waals surface area contributed by atoms with Crippen LogP contribution < -0.4 is 0 Å². The Morgan fingerprint density at radius 1 is 1.07 bits per heavy atom. The van der Waals surface area contributed by atoms with E-state index >= 15 is 0 Å². The molecule has 0 radical (unpaired) electrons. The second-order valence-corrected chi connectivity index (χ2v) is 11.9. The van der Waals surface area contributed by atoms with Crippen LogP contribution in [-0.2, 0) is 10.0 Å². The number of rotatable bonds is 4. The van der Waals surface area contributed by atoms with Gasteiger partial charge < -0.3 is 4.90 Å². The largest absolute Gasteiger partial charge is 0.335 e. The number of hydrogen-bond donors (Lipinski definition) is 0. The zero-order valence-electron chi connectivity index (χ0n) is 16.5. The van der Waals surface area contributed by atoms with Gasteiger partial charge in [0, 0.05) is 41.6 Å². The van der Waals surface area contributed by atoms with Crippen molar-refractivity contribution < 1.29 is 13.2 Å². The van der Waals surface area contributed by atoms with E-state index in [0.717, 1.165) is 15.4 Å². The molecule has 3 aromatic rings. The molecular formula is C20H20ClN3O3S3. The Labute approximate surface area is 188 Å². The van der Waals surface area contributed by atoms with Crippen LogP contribution in [0.5, 0.6) is 0 Å². The van der Waals surface area contributed by atoms with Crippen molar-refractivity contribution in [3.05, 3.63) is 56.9 Å². The van der Waals surface area contributed by atoms with Crippen LogP contribution in [0.4, 0.5) is 0 Å². The van der Waals surface area contributed by atoms with E-state index in [2.05, 4.69) is 4.98 Å². The monoisotopic (exact) mass is 481 g/mol. The van der Waals surface area contributed by atoms with Crippen molar-refractivity contribution in [1.29, 1.82) is 0 Å². The van der Waals surface area contributed by atoms with Crippen LogP contribution in [0, 0.1) is 13.8 Å². The fraction of sp³-hybridized carbons (Fsp3) is 0.300. The third-order valence-corrected chi connectivity index (χ3v) is 9.69. The number of aromatic nitrogens is 1. The highest BCUT2D eigenvalue weighted by molar-refractivity contribution is 7.91. The molecule has 4 rings (SSSR count). The topological polar surface area (TPSA) is 70.6 Å². The molecule has 0 unspecified atom stereocenters. The SMILES string of the molecule is Cc1ccc(S(=O)(=O)N2CCN(C(=O)c3sc(-c4cccc(Cl)c4)nc3C)CC2)s1. The second kappa shape index (κ2) is 8.39. The maximum absolute atomic E-state index is 13.1. The lowest BCUT2D eigenvalue weighted by Gasteiger charge is -2.33. The van der Waals surface area contributed by atoms with Gasteiger partial charge in [-0.05, 0) is 38.1 Å². The molecule has 0 spiro atoms. The molecular weight excluding hydrogens is 462 g/mol. The van der Waals surface area contributed by atoms with Crippen LogP contribution in [0.3, 0.4) is 0 Å². The Hall–Kier alpha value is -1.78. The number of benzene rings is 1. The van der Waals surface area contributed by atoms with Gasteiger partial charge in [-0.1, -0.05) is 23.7 Å². The second-order valence-electron chi connectivity index (χ2n) is 7.01. The van der Waals surface area contributed by atoms with Crippen LogP contribution in [0.2, 0.25) is 5.02 Å². The molecule has 1 fully saturated rings. The number of carbonyl (C=O) groups excluding carboxylic acids is 1. The van der Waals surface area contributed by atoms with E-state index in [-0.39, 0.29) is 19.0 Å². The maximum Gasteiger partial charge on any atom is 0.265 e. The van der Waals surface area contributed by atoms with Gasteiger partial charge in [0.05, 0.1) is 5.69 Å². The van der Waals surface area contributed by atoms with Crippen molar-refractivity contribution in [3.63, 3.8) is 0 Å². The summed E-state index contributed by atoms with van der Waals surface area (Å²) in [6, 6.07) is 10.8. The van der Waals surface area contributed by atoms with Crippen LogP contribution in [-0.4, -0.2) is 54.7 Å². The first kappa shape index (κ1) is 21.5. The molecule has 1 aliphatic rings. The standard InChI is InChI=1S/C20H20ClN3O3S3/c1-13-6-7-17(28-13)30(26,27)24-10-8-23(9-11-24)20(25)18-14(2)22-19(29-18)15-4-3-5-16(21)12-15/h3-7,12H,8-11H2,1-2H3. The smallest absolute Gasteiger partial charge is 0.265 e. The summed E-state index contributed by atoms with van der Waals surface area (Å²) in [4.78, 5) is 20.8. The fourth-order valence-corrected chi connectivity index (χ4v) is 7.37. The summed E-state index contributed by atoms with van der Waals surface area (Å²) in [6.07, 6.45) is 0. The Balaban J connectivity index is 1.47. The van der Waals surface area contributed by atoms with Gasteiger partial charge in [-0.15, -0.1) is 22.7 Å². The van der Waals surface area contributed by atoms with Crippen molar-refractivity contribution in [2.24, 2.45) is 0 Å². The average Bonchev–Trinajstić information content (AvgIpc) is 3.34. The Kier molecular flexibility index (Phi) is 6.00. The minimum absolute atomic E-state index is 0.109. The summed E-state index contributed by atoms with van der Waals surface area (Å²) in [5.41, 5.74) is 1.54. The number of halogens is 1. The molecule has 10 heteroatoms. The summed E-state index contributed by atoms with van der Waals surface area (Å²) in [6.45, 7) is 4.97. The molecule has 1 aliphatic heterocycles. The number of hydrogen-bond acceptors (Lipinski definition) is 6. The molecule has 1 amide bonds. The number of thiazole rings is 1. The van der Waals surface area contributed by atoms with Gasteiger partial charge in [0.2, 0.25) is 0 Å². The predicted molar refractivity (Wildman–Crippen MR) is 121 cm³/mol. The number of nitrogens with zero attached hydrogens (tertiary/aromatic N) is 3. The fourth-order valence-electron chi connectivity index (χ4n) is 3.29. The highest BCUT2D eigenvalue weighted by atomic mass is 35.5. The lowest BCUT2D eigenvalue weighted by molar-refractivity contribution is 0.0702. The van der Waals surface area contributed by atoms with E-state index in [0.29, 0.717) is 32.9 Å². The number of amides is 1. The summed E-state index contributed by atoms with van der Waals surface area (Å²) in [5, 5.41) is 1.36. The third-order valence-electron chi connectivity index (χ3n) is 4.90. The van der Waals surface area contributed by atoms with Crippen molar-refractivity contribution >= 4 is 50.2 Å². The Bertz CT molecular complexity index is 1190. The van der Waals surface area contributed by atoms with Gasteiger partial charge in [-0.3, -0.25) is 4.79 Å². The van der Waals surface area contributed by atoms with E-state index in [1.165, 1.54) is 27.0 Å². The average molecular weight is 482 g/mol. The minimum atomic E-state index is -3.51. The Morgan fingerprint density at radius 2 is 1.80 bits per heavy atom. The molecule has 30 heavy (non-hydrogen) atoms. The third kappa shape index (κ3) is 4.17. The summed E-state index contributed by atoms with van der Waals surface area (Å²) in [7, 11) is -3.51. The molecule has 0 aliphatic carbocycles. The van der Waals surface area contributed by atoms with Gasteiger partial charge in [-0.25, -0.2) is 13.4 Å². The van der Waals surface area contributed by atoms with Crippen LogP contribution in [0.15, 0.2) is 40.6 Å². The lowest BCUT2D eigenvalue weighted by atomic mass is 10.2. The van der Waals surface area contributed by atoms with Crippen molar-refractivity contribution in [3.8, 4) is 10.6 Å². The molecule has 2 aromatic heterocycles. The lowest BCUT2D eigenvalue weighted by Crippen LogP contribution is -2.50. The summed E-state index contributed by atoms with van der Waals surface area (Å²) < 4.78 is 27.4. The van der Waals surface area contributed by atoms with Crippen LogP contribution >= 0.6 is 34.3 Å². The Morgan fingerprint density at radius 3 is 2.43 bits per heavy atom. The van der Waals surface area contributed by atoms with Gasteiger partial charge >= 0.3 is 0 Å². The number of piperazine rings is 1. The molecule has 0 saturated carbocycles. The quantitative estimate of drug-likeness (QED) is 0.557. The first-order chi connectivity index (χ1) is 14.3. The number of thiophene rings is 1. The van der Waals surface area contributed by atoms with Gasteiger partial charge in [0.1, 0.15) is 14.1 Å². The molecule has 158 valence electrons. The summed E-state index contributed by atoms with van der Waals surface area (Å²) in [5.74, 6) is -0.109. The molecule has 1 saturated heterocycles. The van der Waals surface area contributed by atoms with Crippen LogP contribution in [0.1, 0.15) is 20.2 Å². The number of carbonyl (C=O) groups is 1. The first-order valence-electron chi connectivity index (χ1n) is 9.35. The molecule has 3 heterocycles. The molecule has 0 bridgehead atoms. The molecule has 1 aromatic carbocycles. The van der Waals surface area contributed by atoms with E-state index in [9.17, 15) is 13.2 Å².